The van der Waals surface area contributed by atoms with E-state index < -0.39 is 18.0 Å². The molecular formula is C34H60N3O12. The van der Waals surface area contributed by atoms with Gasteiger partial charge in [-0.25, -0.2) is 4.79 Å². The molecule has 1 atom stereocenters. The number of carboxylic acid groups (broad SMARTS) is 2. The van der Waals surface area contributed by atoms with Crippen molar-refractivity contribution in [3.63, 3.8) is 0 Å². The molecule has 0 aliphatic rings. The van der Waals surface area contributed by atoms with E-state index in [1.165, 1.54) is 32.1 Å². The number of hydrogen-bond donors (Lipinski definition) is 5. The molecule has 0 fully saturated rings. The number of aliphatic carboxylic acids is 2. The molecule has 15 nitrogen and oxygen atoms in total. The van der Waals surface area contributed by atoms with Crippen LogP contribution in [0.5, 0.6) is 0 Å². The highest BCUT2D eigenvalue weighted by molar-refractivity contribution is 5.84. The lowest BCUT2D eigenvalue weighted by molar-refractivity contribution is -0.142. The maximum absolute atomic E-state index is 12.2. The summed E-state index contributed by atoms with van der Waals surface area (Å²) in [5, 5.41) is 25.9. The Morgan fingerprint density at radius 2 is 1.00 bits per heavy atom. The third-order valence-electron chi connectivity index (χ3n) is 7.36. The van der Waals surface area contributed by atoms with Crippen molar-refractivity contribution in [3.05, 3.63) is 0 Å². The summed E-state index contributed by atoms with van der Waals surface area (Å²) in [5.74, 6) is -2.87. The number of carbonyl (C=O) groups excluding carboxylic acids is 4. The molecule has 15 heteroatoms. The van der Waals surface area contributed by atoms with E-state index in [1.807, 2.05) is 0 Å². The number of hydrogen-bond acceptors (Lipinski definition) is 10. The minimum Gasteiger partial charge on any atom is -0.481 e. The summed E-state index contributed by atoms with van der Waals surface area (Å²) in [6.45, 7) is 1.79. The van der Waals surface area contributed by atoms with Gasteiger partial charge in [0.05, 0.1) is 39.6 Å². The third kappa shape index (κ3) is 34.5. The van der Waals surface area contributed by atoms with Gasteiger partial charge in [0, 0.05) is 32.4 Å². The Labute approximate surface area is 290 Å². The molecule has 0 aromatic carbocycles. The summed E-state index contributed by atoms with van der Waals surface area (Å²) in [6, 6.07) is -1.13. The van der Waals surface area contributed by atoms with E-state index in [1.54, 1.807) is 6.29 Å². The molecule has 0 aromatic heterocycles. The molecule has 0 rings (SSSR count). The van der Waals surface area contributed by atoms with Crippen molar-refractivity contribution in [3.8, 4) is 0 Å². The second-order valence-corrected chi connectivity index (χ2v) is 11.7. The van der Waals surface area contributed by atoms with E-state index in [2.05, 4.69) is 16.0 Å². The predicted octanol–water partition coefficient (Wildman–Crippen LogP) is 2.68. The number of ether oxygens (including phenoxy) is 4. The maximum Gasteiger partial charge on any atom is 0.326 e. The monoisotopic (exact) mass is 702 g/mol. The first-order valence-corrected chi connectivity index (χ1v) is 17.7. The van der Waals surface area contributed by atoms with Crippen molar-refractivity contribution in [2.45, 2.75) is 115 Å². The molecule has 0 aliphatic carbocycles. The predicted molar refractivity (Wildman–Crippen MR) is 181 cm³/mol. The lowest BCUT2D eigenvalue weighted by Gasteiger charge is -2.14. The summed E-state index contributed by atoms with van der Waals surface area (Å²) in [4.78, 5) is 68.1. The highest BCUT2D eigenvalue weighted by Gasteiger charge is 2.20. The van der Waals surface area contributed by atoms with Crippen LogP contribution in [0.2, 0.25) is 0 Å². The fraction of sp³-hybridized carbons (Fsp3) is 0.824. The van der Waals surface area contributed by atoms with Gasteiger partial charge in [0.1, 0.15) is 19.3 Å². The second-order valence-electron chi connectivity index (χ2n) is 11.7. The molecule has 0 aromatic rings. The first-order chi connectivity index (χ1) is 23.8. The van der Waals surface area contributed by atoms with Crippen LogP contribution in [-0.2, 0) is 47.7 Å². The Hall–Kier alpha value is -3.14. The lowest BCUT2D eigenvalue weighted by atomic mass is 10.0. The summed E-state index contributed by atoms with van der Waals surface area (Å²) in [6.07, 6.45) is 15.8. The first kappa shape index (κ1) is 45.9. The fourth-order valence-corrected chi connectivity index (χ4v) is 4.69. The standard InChI is InChI=1S/C34H60N3O12/c38-20-23-48-25-24-46-22-19-36-32(41)28-49-27-26-47-21-18-35-30(39)17-16-29(34(44)45)37-31(40)14-12-10-8-6-4-2-1-3-5-7-9-11-13-15-33(42)43/h29H,1-19,21-28H2,(H,35,39)(H,36,41)(H,37,40)(H,42,43)(H,44,45)/t29-/m0/s1. The summed E-state index contributed by atoms with van der Waals surface area (Å²) in [5.41, 5.74) is 0. The van der Waals surface area contributed by atoms with Crippen LogP contribution in [0.3, 0.4) is 0 Å². The number of nitrogens with one attached hydrogen (secondary N) is 3. The number of rotatable bonds is 37. The highest BCUT2D eigenvalue weighted by atomic mass is 16.5. The average Bonchev–Trinajstić information content (AvgIpc) is 3.06. The Morgan fingerprint density at radius 1 is 0.531 bits per heavy atom. The summed E-state index contributed by atoms with van der Waals surface area (Å²) >= 11 is 0. The van der Waals surface area contributed by atoms with E-state index in [-0.39, 0.29) is 89.6 Å². The van der Waals surface area contributed by atoms with Crippen molar-refractivity contribution in [1.82, 2.24) is 16.0 Å². The van der Waals surface area contributed by atoms with Crippen LogP contribution >= 0.6 is 0 Å². The van der Waals surface area contributed by atoms with Crippen LogP contribution in [0.1, 0.15) is 109 Å². The highest BCUT2D eigenvalue weighted by Crippen LogP contribution is 2.13. The molecule has 5 N–H and O–H groups in total. The largest absolute Gasteiger partial charge is 0.481 e. The van der Waals surface area contributed by atoms with Crippen LogP contribution in [-0.4, -0.2) is 118 Å². The van der Waals surface area contributed by atoms with Crippen LogP contribution in [0.4, 0.5) is 0 Å². The molecule has 0 saturated heterocycles. The molecule has 1 radical (unpaired) electrons. The molecule has 0 aliphatic heterocycles. The summed E-state index contributed by atoms with van der Waals surface area (Å²) < 4.78 is 20.7. The Balaban J connectivity index is 3.67. The molecule has 0 heterocycles. The smallest absolute Gasteiger partial charge is 0.326 e. The number of unbranched alkanes of at least 4 members (excludes halogenated alkanes) is 12. The van der Waals surface area contributed by atoms with Crippen molar-refractivity contribution in [2.75, 3.05) is 65.9 Å². The van der Waals surface area contributed by atoms with Crippen molar-refractivity contribution in [2.24, 2.45) is 0 Å². The molecule has 283 valence electrons. The Morgan fingerprint density at radius 3 is 1.51 bits per heavy atom. The SMILES string of the molecule is O=[C]COCCOCCNC(=O)COCCOCCNC(=O)CC[C@H](NC(=O)CCCCCCCCCCCCCCCC(=O)O)C(=O)O. The van der Waals surface area contributed by atoms with Gasteiger partial charge in [-0.3, -0.25) is 24.0 Å². The van der Waals surface area contributed by atoms with Gasteiger partial charge in [-0.05, 0) is 19.3 Å². The molecule has 3 amide bonds. The van der Waals surface area contributed by atoms with Gasteiger partial charge in [0.15, 0.2) is 0 Å². The minimum atomic E-state index is -1.18. The zero-order valence-electron chi connectivity index (χ0n) is 29.1. The minimum absolute atomic E-state index is 0.0187. The van der Waals surface area contributed by atoms with Gasteiger partial charge in [0.2, 0.25) is 24.0 Å². The number of carbonyl (C=O) groups is 5. The summed E-state index contributed by atoms with van der Waals surface area (Å²) in [7, 11) is 0. The van der Waals surface area contributed by atoms with Crippen LogP contribution in [0.15, 0.2) is 0 Å². The molecule has 0 saturated carbocycles. The fourth-order valence-electron chi connectivity index (χ4n) is 4.69. The van der Waals surface area contributed by atoms with Gasteiger partial charge in [-0.15, -0.1) is 0 Å². The van der Waals surface area contributed by atoms with Crippen molar-refractivity contribution >= 4 is 35.9 Å². The Kier molecular flexibility index (Phi) is 32.5. The van der Waals surface area contributed by atoms with Crippen LogP contribution in [0, 0.1) is 0 Å². The quantitative estimate of drug-likeness (QED) is 0.0591. The topological polar surface area (TPSA) is 216 Å². The van der Waals surface area contributed by atoms with Gasteiger partial charge < -0.3 is 45.1 Å². The van der Waals surface area contributed by atoms with Crippen LogP contribution < -0.4 is 16.0 Å². The molecule has 0 spiro atoms. The molecule has 0 bridgehead atoms. The van der Waals surface area contributed by atoms with Crippen molar-refractivity contribution in [1.29, 1.82) is 0 Å². The normalized spacial score (nSPS) is 11.5. The molecule has 49 heavy (non-hydrogen) atoms. The Bertz CT molecular complexity index is 890. The number of carboxylic acids is 2. The number of amides is 3. The molecule has 0 unspecified atom stereocenters. The van der Waals surface area contributed by atoms with E-state index in [9.17, 15) is 33.9 Å². The molecular weight excluding hydrogens is 642 g/mol. The first-order valence-electron chi connectivity index (χ1n) is 17.7. The van der Waals surface area contributed by atoms with E-state index >= 15 is 0 Å². The van der Waals surface area contributed by atoms with Crippen molar-refractivity contribution < 1.29 is 57.9 Å². The zero-order chi connectivity index (χ0) is 36.2. The van der Waals surface area contributed by atoms with E-state index in [0.29, 0.717) is 26.2 Å². The van der Waals surface area contributed by atoms with Crippen LogP contribution in [0.25, 0.3) is 0 Å². The van der Waals surface area contributed by atoms with E-state index in [4.69, 9.17) is 24.1 Å². The third-order valence-corrected chi connectivity index (χ3v) is 7.36. The van der Waals surface area contributed by atoms with Gasteiger partial charge in [0.25, 0.3) is 0 Å². The van der Waals surface area contributed by atoms with E-state index in [0.717, 1.165) is 44.9 Å². The average molecular weight is 703 g/mol. The zero-order valence-corrected chi connectivity index (χ0v) is 29.1. The van der Waals surface area contributed by atoms with Gasteiger partial charge >= 0.3 is 11.9 Å². The second kappa shape index (κ2) is 34.7. The van der Waals surface area contributed by atoms with Gasteiger partial charge in [-0.1, -0.05) is 70.6 Å². The lowest BCUT2D eigenvalue weighted by Crippen LogP contribution is -2.41. The van der Waals surface area contributed by atoms with Gasteiger partial charge in [-0.2, -0.15) is 0 Å². The maximum atomic E-state index is 12.2.